The van der Waals surface area contributed by atoms with Gasteiger partial charge in [0.1, 0.15) is 0 Å². The minimum Gasteiger partial charge on any atom is -0.300 e. The molecule has 1 amide bonds. The van der Waals surface area contributed by atoms with Gasteiger partial charge in [-0.05, 0) is 17.9 Å². The fourth-order valence-electron chi connectivity index (χ4n) is 1.26. The van der Waals surface area contributed by atoms with Crippen LogP contribution in [0.5, 0.6) is 0 Å². The number of aromatic nitrogens is 2. The van der Waals surface area contributed by atoms with Crippen molar-refractivity contribution in [3.63, 3.8) is 0 Å². The predicted octanol–water partition coefficient (Wildman–Crippen LogP) is 3.38. The summed E-state index contributed by atoms with van der Waals surface area (Å²) in [6.07, 6.45) is 0. The van der Waals surface area contributed by atoms with E-state index in [0.717, 1.165) is 15.0 Å². The highest BCUT2D eigenvalue weighted by Gasteiger charge is 2.08. The number of rotatable bonds is 6. The van der Waals surface area contributed by atoms with Crippen LogP contribution in [0, 0.1) is 0 Å². The lowest BCUT2D eigenvalue weighted by atomic mass is 10.4. The van der Waals surface area contributed by atoms with Crippen LogP contribution in [0.25, 0.3) is 0 Å². The highest BCUT2D eigenvalue weighted by Crippen LogP contribution is 2.25. The van der Waals surface area contributed by atoms with E-state index in [1.54, 1.807) is 11.8 Å². The molecular formula is C12H13N3OS3. The second-order valence-electron chi connectivity index (χ2n) is 3.46. The van der Waals surface area contributed by atoms with Crippen LogP contribution in [0.3, 0.4) is 0 Å². The molecule has 0 fully saturated rings. The van der Waals surface area contributed by atoms with Gasteiger partial charge < -0.3 is 0 Å². The van der Waals surface area contributed by atoms with Crippen molar-refractivity contribution in [3.05, 3.63) is 30.3 Å². The molecule has 4 nitrogen and oxygen atoms in total. The summed E-state index contributed by atoms with van der Waals surface area (Å²) >= 11 is 4.53. The SMILES string of the molecule is CCSc1nnc(NC(=O)CSc2ccccc2)s1. The zero-order chi connectivity index (χ0) is 13.5. The molecule has 19 heavy (non-hydrogen) atoms. The maximum absolute atomic E-state index is 11.8. The van der Waals surface area contributed by atoms with Crippen LogP contribution in [-0.2, 0) is 4.79 Å². The number of amides is 1. The Morgan fingerprint density at radius 1 is 1.26 bits per heavy atom. The van der Waals surface area contributed by atoms with Crippen LogP contribution >= 0.6 is 34.9 Å². The lowest BCUT2D eigenvalue weighted by Gasteiger charge is -2.01. The number of hydrogen-bond donors (Lipinski definition) is 1. The standard InChI is InChI=1S/C12H13N3OS3/c1-2-17-12-15-14-11(19-12)13-10(16)8-18-9-6-4-3-5-7-9/h3-7H,2,8H2,1H3,(H,13,14,16). The summed E-state index contributed by atoms with van der Waals surface area (Å²) in [6, 6.07) is 9.84. The number of anilines is 1. The van der Waals surface area contributed by atoms with Gasteiger partial charge in [0, 0.05) is 4.90 Å². The Morgan fingerprint density at radius 2 is 2.05 bits per heavy atom. The molecule has 0 spiro atoms. The molecule has 1 heterocycles. The minimum absolute atomic E-state index is 0.0574. The molecule has 0 aliphatic heterocycles. The smallest absolute Gasteiger partial charge is 0.236 e. The zero-order valence-corrected chi connectivity index (χ0v) is 12.8. The molecule has 1 aromatic heterocycles. The summed E-state index contributed by atoms with van der Waals surface area (Å²) in [5.74, 6) is 1.27. The molecule has 100 valence electrons. The average molecular weight is 311 g/mol. The van der Waals surface area contributed by atoms with E-state index in [1.165, 1.54) is 23.1 Å². The second-order valence-corrected chi connectivity index (χ2v) is 6.99. The number of benzene rings is 1. The Balaban J connectivity index is 1.80. The third-order valence-electron chi connectivity index (χ3n) is 2.03. The van der Waals surface area contributed by atoms with Crippen LogP contribution in [0.15, 0.2) is 39.6 Å². The molecule has 0 aliphatic rings. The van der Waals surface area contributed by atoms with Crippen molar-refractivity contribution in [1.82, 2.24) is 10.2 Å². The molecule has 0 atom stereocenters. The third kappa shape index (κ3) is 4.85. The lowest BCUT2D eigenvalue weighted by Crippen LogP contribution is -2.13. The number of nitrogens with zero attached hydrogens (tertiary/aromatic N) is 2. The first-order chi connectivity index (χ1) is 9.28. The minimum atomic E-state index is -0.0574. The highest BCUT2D eigenvalue weighted by atomic mass is 32.2. The monoisotopic (exact) mass is 311 g/mol. The van der Waals surface area contributed by atoms with Crippen molar-refractivity contribution in [3.8, 4) is 0 Å². The third-order valence-corrected chi connectivity index (χ3v) is 4.90. The van der Waals surface area contributed by atoms with Crippen LogP contribution in [-0.4, -0.2) is 27.6 Å². The average Bonchev–Trinajstić information content (AvgIpc) is 2.85. The lowest BCUT2D eigenvalue weighted by molar-refractivity contribution is -0.113. The molecule has 1 aromatic carbocycles. The topological polar surface area (TPSA) is 54.9 Å². The van der Waals surface area contributed by atoms with E-state index in [-0.39, 0.29) is 5.91 Å². The zero-order valence-electron chi connectivity index (χ0n) is 10.3. The Labute approximate surface area is 124 Å². The van der Waals surface area contributed by atoms with E-state index >= 15 is 0 Å². The number of carbonyl (C=O) groups excluding carboxylic acids is 1. The predicted molar refractivity (Wildman–Crippen MR) is 82.1 cm³/mol. The first-order valence-corrected chi connectivity index (χ1v) is 8.50. The molecule has 0 saturated heterocycles. The van der Waals surface area contributed by atoms with E-state index < -0.39 is 0 Å². The molecule has 0 unspecified atom stereocenters. The summed E-state index contributed by atoms with van der Waals surface area (Å²) in [4.78, 5) is 12.8. The molecule has 1 N–H and O–H groups in total. The molecule has 0 bridgehead atoms. The Kier molecular flexibility index (Phi) is 5.68. The molecule has 2 rings (SSSR count). The van der Waals surface area contributed by atoms with E-state index in [0.29, 0.717) is 10.9 Å². The van der Waals surface area contributed by atoms with E-state index in [2.05, 4.69) is 22.4 Å². The van der Waals surface area contributed by atoms with Crippen LogP contribution < -0.4 is 5.32 Å². The quantitative estimate of drug-likeness (QED) is 0.654. The number of nitrogens with one attached hydrogen (secondary N) is 1. The van der Waals surface area contributed by atoms with Gasteiger partial charge in [0.2, 0.25) is 11.0 Å². The van der Waals surface area contributed by atoms with Gasteiger partial charge in [0.05, 0.1) is 5.75 Å². The van der Waals surface area contributed by atoms with Crippen molar-refractivity contribution in [2.45, 2.75) is 16.2 Å². The molecule has 0 radical (unpaired) electrons. The summed E-state index contributed by atoms with van der Waals surface area (Å²) in [6.45, 7) is 2.06. The molecule has 0 saturated carbocycles. The number of hydrogen-bond acceptors (Lipinski definition) is 6. The Bertz CT molecular complexity index is 530. The fraction of sp³-hybridized carbons (Fsp3) is 0.250. The van der Waals surface area contributed by atoms with Crippen LogP contribution in [0.4, 0.5) is 5.13 Å². The maximum atomic E-state index is 11.8. The molecule has 7 heteroatoms. The van der Waals surface area contributed by atoms with Crippen molar-refractivity contribution < 1.29 is 4.79 Å². The molecule has 0 aliphatic carbocycles. The van der Waals surface area contributed by atoms with E-state index in [9.17, 15) is 4.79 Å². The van der Waals surface area contributed by atoms with E-state index in [1.807, 2.05) is 30.3 Å². The highest BCUT2D eigenvalue weighted by molar-refractivity contribution is 8.01. The second kappa shape index (κ2) is 7.52. The first kappa shape index (κ1) is 14.4. The fourth-order valence-corrected chi connectivity index (χ4v) is 3.65. The summed E-state index contributed by atoms with van der Waals surface area (Å²) in [5.41, 5.74) is 0. The van der Waals surface area contributed by atoms with Gasteiger partial charge in [-0.1, -0.05) is 48.2 Å². The Morgan fingerprint density at radius 3 is 2.79 bits per heavy atom. The van der Waals surface area contributed by atoms with E-state index in [4.69, 9.17) is 0 Å². The van der Waals surface area contributed by atoms with Crippen molar-refractivity contribution >= 4 is 45.9 Å². The summed E-state index contributed by atoms with van der Waals surface area (Å²) in [5, 5.41) is 11.3. The van der Waals surface area contributed by atoms with Crippen LogP contribution in [0.2, 0.25) is 0 Å². The van der Waals surface area contributed by atoms with Gasteiger partial charge in [-0.2, -0.15) is 0 Å². The van der Waals surface area contributed by atoms with Gasteiger partial charge in [-0.15, -0.1) is 22.0 Å². The van der Waals surface area contributed by atoms with Crippen molar-refractivity contribution in [2.24, 2.45) is 0 Å². The van der Waals surface area contributed by atoms with Crippen molar-refractivity contribution in [1.29, 1.82) is 0 Å². The summed E-state index contributed by atoms with van der Waals surface area (Å²) in [7, 11) is 0. The van der Waals surface area contributed by atoms with Gasteiger partial charge in [-0.3, -0.25) is 10.1 Å². The number of thioether (sulfide) groups is 2. The van der Waals surface area contributed by atoms with Crippen molar-refractivity contribution in [2.75, 3.05) is 16.8 Å². The maximum Gasteiger partial charge on any atom is 0.236 e. The van der Waals surface area contributed by atoms with Gasteiger partial charge in [0.25, 0.3) is 0 Å². The molecular weight excluding hydrogens is 298 g/mol. The van der Waals surface area contributed by atoms with Crippen LogP contribution in [0.1, 0.15) is 6.92 Å². The van der Waals surface area contributed by atoms with Gasteiger partial charge in [0.15, 0.2) is 4.34 Å². The Hall–Kier alpha value is -1.05. The normalized spacial score (nSPS) is 10.4. The number of carbonyl (C=O) groups is 1. The molecule has 2 aromatic rings. The largest absolute Gasteiger partial charge is 0.300 e. The van der Waals surface area contributed by atoms with Gasteiger partial charge in [-0.25, -0.2) is 0 Å². The summed E-state index contributed by atoms with van der Waals surface area (Å²) < 4.78 is 0.883. The van der Waals surface area contributed by atoms with Gasteiger partial charge >= 0.3 is 0 Å². The first-order valence-electron chi connectivity index (χ1n) is 5.72.